The molecule has 0 spiro atoms. The predicted molar refractivity (Wildman–Crippen MR) is 91.2 cm³/mol. The molecule has 0 fully saturated rings. The molecule has 104 valence electrons. The van der Waals surface area contributed by atoms with E-state index in [-0.39, 0.29) is 2.85 Å². The van der Waals surface area contributed by atoms with Gasteiger partial charge in [-0.05, 0) is 0 Å². The largest absolute Gasteiger partial charge is 1.00 e. The molecule has 0 nitrogen and oxygen atoms in total. The van der Waals surface area contributed by atoms with Crippen LogP contribution in [0.4, 0.5) is 0 Å². The first-order valence-corrected chi connectivity index (χ1v) is 14.0. The number of allylic oxidation sites excluding steroid dienone is 8. The van der Waals surface area contributed by atoms with Crippen LogP contribution < -0.4 is 0 Å². The Morgan fingerprint density at radius 2 is 1.11 bits per heavy atom. The summed E-state index contributed by atoms with van der Waals surface area (Å²) in [5.41, 5.74) is 6.67. The fraction of sp³-hybridized carbons (Fsp3) is 0.500. The van der Waals surface area contributed by atoms with Gasteiger partial charge in [0.15, 0.2) is 0 Å². The number of hydrogen-bond acceptors (Lipinski definition) is 0. The Morgan fingerprint density at radius 3 is 1.32 bits per heavy atom. The van der Waals surface area contributed by atoms with Gasteiger partial charge in [0.1, 0.15) is 0 Å². The summed E-state index contributed by atoms with van der Waals surface area (Å²) in [5.74, 6) is 1.55. The Balaban J connectivity index is 0.00000200. The number of hydrogen-bond donors (Lipinski definition) is 0. The van der Waals surface area contributed by atoms with Crippen LogP contribution in [0.5, 0.6) is 0 Å². The molecule has 0 aromatic heterocycles. The Morgan fingerprint density at radius 1 is 0.789 bits per heavy atom. The van der Waals surface area contributed by atoms with Crippen molar-refractivity contribution in [1.82, 2.24) is 0 Å². The van der Waals surface area contributed by atoms with Crippen LogP contribution in [-0.2, 0) is 23.2 Å². The summed E-state index contributed by atoms with van der Waals surface area (Å²) >= 11 is 1.20. The molecule has 3 heteroatoms. The maximum absolute atomic E-state index is 2.46. The molecule has 19 heavy (non-hydrogen) atoms. The summed E-state index contributed by atoms with van der Waals surface area (Å²) in [7, 11) is 0. The smallest absolute Gasteiger partial charge is 1.00 e. The van der Waals surface area contributed by atoms with Crippen LogP contribution in [0.2, 0.25) is 0 Å². The zero-order valence-corrected chi connectivity index (χ0v) is 24.5. The summed E-state index contributed by atoms with van der Waals surface area (Å²) in [6.07, 6.45) is 0. The molecule has 0 saturated carbocycles. The van der Waals surface area contributed by atoms with Gasteiger partial charge >= 0.3 is 147 Å². The first-order chi connectivity index (χ1) is 8.77. The van der Waals surface area contributed by atoms with Crippen molar-refractivity contribution in [2.45, 2.75) is 41.5 Å². The average Bonchev–Trinajstić information content (AvgIpc) is 2.68. The van der Waals surface area contributed by atoms with E-state index in [1.807, 2.05) is 15.4 Å². The molecule has 2 atom stereocenters. The van der Waals surface area contributed by atoms with Crippen LogP contribution in [0.1, 0.15) is 44.4 Å². The second-order valence-electron chi connectivity index (χ2n) is 6.26. The van der Waals surface area contributed by atoms with Gasteiger partial charge in [0, 0.05) is 0 Å². The minimum atomic E-state index is -0.507. The molecule has 0 radical (unpaired) electrons. The topological polar surface area (TPSA) is 0 Å². The summed E-state index contributed by atoms with van der Waals surface area (Å²) in [6, 6.07) is 0. The summed E-state index contributed by atoms with van der Waals surface area (Å²) in [5, 5.41) is 0. The molecular weight excluding hydrogens is 429 g/mol. The van der Waals surface area contributed by atoms with Crippen LogP contribution in [0, 0.1) is 11.8 Å². The van der Waals surface area contributed by atoms with E-state index >= 15 is 0 Å². The van der Waals surface area contributed by atoms with E-state index in [1.165, 1.54) is 0 Å². The van der Waals surface area contributed by atoms with Gasteiger partial charge in [-0.25, -0.2) is 0 Å². The third-order valence-corrected chi connectivity index (χ3v) is 21.4. The minimum absolute atomic E-state index is 0. The van der Waals surface area contributed by atoms with E-state index < -0.39 is 23.2 Å². The fourth-order valence-corrected chi connectivity index (χ4v) is 14.5. The Labute approximate surface area is 149 Å². The van der Waals surface area contributed by atoms with E-state index in [1.54, 1.807) is 22.3 Å². The van der Waals surface area contributed by atoms with Crippen molar-refractivity contribution in [2.24, 2.45) is 11.8 Å². The van der Waals surface area contributed by atoms with Crippen LogP contribution >= 0.6 is 0 Å². The molecule has 2 aliphatic carbocycles. The van der Waals surface area contributed by atoms with E-state index in [9.17, 15) is 0 Å². The van der Waals surface area contributed by atoms with Crippen molar-refractivity contribution < 1.29 is 26.1 Å². The monoisotopic (exact) mass is 458 g/mol. The van der Waals surface area contributed by atoms with Crippen molar-refractivity contribution in [3.05, 3.63) is 37.7 Å². The third-order valence-electron chi connectivity index (χ3n) is 5.55. The molecule has 0 amide bonds. The maximum Gasteiger partial charge on any atom is -1.00 e. The Bertz CT molecular complexity index is 521. The fourth-order valence-electron chi connectivity index (χ4n) is 3.28. The first-order valence-electron chi connectivity index (χ1n) is 7.31. The second kappa shape index (κ2) is 5.97. The van der Waals surface area contributed by atoms with Gasteiger partial charge in [-0.3, -0.25) is 0 Å². The molecule has 2 aliphatic rings. The predicted octanol–water partition coefficient (Wildman–Crippen LogP) is 2.42. The summed E-state index contributed by atoms with van der Waals surface area (Å²) in [6.45, 7) is 14.4. The quantitative estimate of drug-likeness (QED) is 0.560. The van der Waals surface area contributed by atoms with Crippen LogP contribution in [0.3, 0.4) is 0 Å². The van der Waals surface area contributed by atoms with Gasteiger partial charge in [0.25, 0.3) is 0 Å². The van der Waals surface area contributed by atoms with Gasteiger partial charge in [-0.1, -0.05) is 0 Å². The van der Waals surface area contributed by atoms with Crippen molar-refractivity contribution in [3.8, 4) is 0 Å². The molecule has 2 rings (SSSR count). The first kappa shape index (κ1) is 16.3. The Hall–Kier alpha value is 0.929. The van der Waals surface area contributed by atoms with Crippen LogP contribution in [-0.4, -0.2) is 33.0 Å². The van der Waals surface area contributed by atoms with Gasteiger partial charge in [0.05, 0.1) is 0 Å². The van der Waals surface area contributed by atoms with E-state index in [2.05, 4.69) is 41.5 Å². The summed E-state index contributed by atoms with van der Waals surface area (Å²) < 4.78 is 7.52. The summed E-state index contributed by atoms with van der Waals surface area (Å²) in [4.78, 5) is 0. The van der Waals surface area contributed by atoms with Gasteiger partial charge in [-0.2, -0.15) is 0 Å². The van der Waals surface area contributed by atoms with Crippen molar-refractivity contribution >= 4 is 33.0 Å². The number of rotatable bonds is 2. The standard InChI is InChI=1S/2C8H13Ge.Zr.2H/c2*1-5-4-8(9)7(3)6(5)2;;;/h2*5H,1-3,9H3;;;/q;;+2;2*-1. The molecule has 0 aromatic rings. The molecular formula is C16H28Ge2Zr. The zero-order valence-electron chi connectivity index (χ0n) is 15.7. The van der Waals surface area contributed by atoms with Crippen molar-refractivity contribution in [3.63, 3.8) is 0 Å². The second-order valence-corrected chi connectivity index (χ2v) is 13.7. The Kier molecular flexibility index (Phi) is 5.12. The molecule has 0 N–H and O–H groups in total. The molecule has 0 bridgehead atoms. The SMILES string of the molecule is CC1=C(C)C(C)[C]([Zr+2][C]2=[C]([GeH3])C(C)=C(C)C2C)=[C]1[GeH3].[H-].[H-]. The van der Waals surface area contributed by atoms with Gasteiger partial charge in [-0.15, -0.1) is 0 Å². The third kappa shape index (κ3) is 2.69. The van der Waals surface area contributed by atoms with E-state index in [4.69, 9.17) is 0 Å². The average molecular weight is 457 g/mol. The van der Waals surface area contributed by atoms with Gasteiger partial charge in [0.2, 0.25) is 0 Å². The van der Waals surface area contributed by atoms with Crippen molar-refractivity contribution in [2.75, 3.05) is 0 Å². The van der Waals surface area contributed by atoms with Crippen LogP contribution in [0.15, 0.2) is 37.7 Å². The minimum Gasteiger partial charge on any atom is -1.00 e. The van der Waals surface area contributed by atoms with Crippen LogP contribution in [0.25, 0.3) is 0 Å². The molecule has 2 unspecified atom stereocenters. The molecule has 0 aliphatic heterocycles. The molecule has 0 aromatic carbocycles. The maximum atomic E-state index is 2.46. The molecule has 0 saturated heterocycles. The van der Waals surface area contributed by atoms with E-state index in [0.29, 0.717) is 0 Å². The van der Waals surface area contributed by atoms with E-state index in [0.717, 1.165) is 44.9 Å². The van der Waals surface area contributed by atoms with Gasteiger partial charge < -0.3 is 2.85 Å². The zero-order chi connectivity index (χ0) is 14.5. The normalized spacial score (nSPS) is 28.3. The molecule has 0 heterocycles. The van der Waals surface area contributed by atoms with Crippen molar-refractivity contribution in [1.29, 1.82) is 0 Å².